The van der Waals surface area contributed by atoms with E-state index in [2.05, 4.69) is 4.72 Å². The first-order valence-corrected chi connectivity index (χ1v) is 8.06. The molecule has 0 aromatic heterocycles. The fourth-order valence-electron chi connectivity index (χ4n) is 1.66. The predicted octanol–water partition coefficient (Wildman–Crippen LogP) is 0.995. The second-order valence-corrected chi connectivity index (χ2v) is 6.28. The second kappa shape index (κ2) is 7.07. The highest BCUT2D eigenvalue weighted by molar-refractivity contribution is 7.92. The largest absolute Gasteiger partial charge is 0.480 e. The van der Waals surface area contributed by atoms with Gasteiger partial charge in [-0.25, -0.2) is 8.42 Å². The lowest BCUT2D eigenvalue weighted by atomic mass is 10.1. The van der Waals surface area contributed by atoms with Crippen molar-refractivity contribution in [2.45, 2.75) is 13.8 Å². The molecule has 1 amide bonds. The zero-order valence-corrected chi connectivity index (χ0v) is 12.7. The molecular weight excluding hydrogens is 296 g/mol. The number of rotatable bonds is 7. The van der Waals surface area contributed by atoms with Crippen molar-refractivity contribution in [3.05, 3.63) is 29.8 Å². The molecule has 0 aliphatic heterocycles. The van der Waals surface area contributed by atoms with E-state index >= 15 is 0 Å². The highest BCUT2D eigenvalue weighted by atomic mass is 32.2. The van der Waals surface area contributed by atoms with Gasteiger partial charge in [-0.3, -0.25) is 14.3 Å². The van der Waals surface area contributed by atoms with E-state index in [4.69, 9.17) is 5.11 Å². The van der Waals surface area contributed by atoms with Gasteiger partial charge in [-0.2, -0.15) is 0 Å². The van der Waals surface area contributed by atoms with Crippen molar-refractivity contribution in [3.63, 3.8) is 0 Å². The molecule has 116 valence electrons. The van der Waals surface area contributed by atoms with Crippen LogP contribution in [0.15, 0.2) is 24.3 Å². The third kappa shape index (κ3) is 4.75. The minimum Gasteiger partial charge on any atom is -0.480 e. The van der Waals surface area contributed by atoms with Gasteiger partial charge >= 0.3 is 5.97 Å². The molecule has 0 bridgehead atoms. The predicted molar refractivity (Wildman–Crippen MR) is 78.7 cm³/mol. The highest BCUT2D eigenvalue weighted by Gasteiger charge is 2.21. The molecule has 0 saturated heterocycles. The molecule has 0 spiro atoms. The summed E-state index contributed by atoms with van der Waals surface area (Å²) in [7, 11) is -3.52. The number of nitrogens with one attached hydrogen (secondary N) is 1. The van der Waals surface area contributed by atoms with Crippen LogP contribution in [0.25, 0.3) is 0 Å². The SMILES string of the molecule is CCN(CC(=O)O)C(=O)c1ccccc1NS(=O)(=O)CC. The summed E-state index contributed by atoms with van der Waals surface area (Å²) in [5, 5.41) is 8.80. The third-order valence-electron chi connectivity index (χ3n) is 2.80. The summed E-state index contributed by atoms with van der Waals surface area (Å²) in [5.41, 5.74) is 0.269. The van der Waals surface area contributed by atoms with Crippen molar-refractivity contribution in [1.29, 1.82) is 0 Å². The molecule has 0 saturated carbocycles. The van der Waals surface area contributed by atoms with E-state index in [1.165, 1.54) is 19.1 Å². The average Bonchev–Trinajstić information content (AvgIpc) is 2.44. The van der Waals surface area contributed by atoms with E-state index in [9.17, 15) is 18.0 Å². The van der Waals surface area contributed by atoms with E-state index in [0.717, 1.165) is 4.90 Å². The normalized spacial score (nSPS) is 11.0. The van der Waals surface area contributed by atoms with Crippen LogP contribution < -0.4 is 4.72 Å². The first-order valence-electron chi connectivity index (χ1n) is 6.41. The van der Waals surface area contributed by atoms with Gasteiger partial charge in [-0.1, -0.05) is 12.1 Å². The monoisotopic (exact) mass is 314 g/mol. The molecule has 1 aromatic carbocycles. The van der Waals surface area contributed by atoms with Gasteiger partial charge in [-0.15, -0.1) is 0 Å². The number of carbonyl (C=O) groups excluding carboxylic acids is 1. The maximum absolute atomic E-state index is 12.3. The number of nitrogens with zero attached hydrogens (tertiary/aromatic N) is 1. The molecule has 7 nitrogen and oxygen atoms in total. The summed E-state index contributed by atoms with van der Waals surface area (Å²) in [5.74, 6) is -1.78. The Hall–Kier alpha value is -2.09. The maximum Gasteiger partial charge on any atom is 0.323 e. The van der Waals surface area contributed by atoms with Gasteiger partial charge in [0, 0.05) is 6.54 Å². The number of carboxylic acid groups (broad SMARTS) is 1. The topological polar surface area (TPSA) is 104 Å². The summed E-state index contributed by atoms with van der Waals surface area (Å²) in [6, 6.07) is 6.11. The lowest BCUT2D eigenvalue weighted by Gasteiger charge is -2.20. The molecule has 8 heteroatoms. The summed E-state index contributed by atoms with van der Waals surface area (Å²) < 4.78 is 25.6. The van der Waals surface area contributed by atoms with Gasteiger partial charge in [0.15, 0.2) is 0 Å². The van der Waals surface area contributed by atoms with Crippen LogP contribution >= 0.6 is 0 Å². The van der Waals surface area contributed by atoms with Crippen LogP contribution in [0.3, 0.4) is 0 Å². The number of likely N-dealkylation sites (N-methyl/N-ethyl adjacent to an activating group) is 1. The van der Waals surface area contributed by atoms with Crippen molar-refractivity contribution in [1.82, 2.24) is 4.90 Å². The fraction of sp³-hybridized carbons (Fsp3) is 0.385. The highest BCUT2D eigenvalue weighted by Crippen LogP contribution is 2.18. The number of para-hydroxylation sites is 1. The fourth-order valence-corrected chi connectivity index (χ4v) is 2.32. The summed E-state index contributed by atoms with van der Waals surface area (Å²) >= 11 is 0. The van der Waals surface area contributed by atoms with Crippen LogP contribution in [-0.2, 0) is 14.8 Å². The van der Waals surface area contributed by atoms with Crippen LogP contribution in [0, 0.1) is 0 Å². The summed E-state index contributed by atoms with van der Waals surface area (Å²) in [6.45, 7) is 2.90. The van der Waals surface area contributed by atoms with E-state index in [1.807, 2.05) is 0 Å². The third-order valence-corrected chi connectivity index (χ3v) is 4.09. The molecule has 1 aromatic rings. The van der Waals surface area contributed by atoms with Crippen LogP contribution in [0.5, 0.6) is 0 Å². The van der Waals surface area contributed by atoms with Crippen molar-refractivity contribution in [2.24, 2.45) is 0 Å². The molecule has 0 atom stereocenters. The molecule has 0 unspecified atom stereocenters. The standard InChI is InChI=1S/C13H18N2O5S/c1-3-15(9-12(16)17)13(18)10-7-5-6-8-11(10)14-21(19,20)4-2/h5-8,14H,3-4,9H2,1-2H3,(H,16,17). The van der Waals surface area contributed by atoms with Crippen LogP contribution in [0.4, 0.5) is 5.69 Å². The Bertz CT molecular complexity index is 627. The Morgan fingerprint density at radius 1 is 1.24 bits per heavy atom. The van der Waals surface area contributed by atoms with Gasteiger partial charge in [0.25, 0.3) is 5.91 Å². The smallest absolute Gasteiger partial charge is 0.323 e. The molecule has 0 aliphatic carbocycles. The van der Waals surface area contributed by atoms with Crippen molar-refractivity contribution in [3.8, 4) is 0 Å². The maximum atomic E-state index is 12.3. The number of hydrogen-bond acceptors (Lipinski definition) is 4. The molecule has 0 heterocycles. The Morgan fingerprint density at radius 2 is 1.86 bits per heavy atom. The van der Waals surface area contributed by atoms with Gasteiger partial charge in [0.2, 0.25) is 10.0 Å². The Morgan fingerprint density at radius 3 is 2.38 bits per heavy atom. The molecule has 21 heavy (non-hydrogen) atoms. The Kier molecular flexibility index (Phi) is 5.71. The second-order valence-electron chi connectivity index (χ2n) is 4.26. The van der Waals surface area contributed by atoms with Crippen molar-refractivity contribution < 1.29 is 23.1 Å². The number of amides is 1. The molecule has 0 radical (unpaired) electrons. The molecule has 0 fully saturated rings. The minimum absolute atomic E-state index is 0.123. The zero-order valence-electron chi connectivity index (χ0n) is 11.9. The zero-order chi connectivity index (χ0) is 16.0. The van der Waals surface area contributed by atoms with Crippen LogP contribution in [-0.4, -0.2) is 49.1 Å². The molecule has 0 aliphatic rings. The Balaban J connectivity index is 3.12. The number of carbonyl (C=O) groups is 2. The van der Waals surface area contributed by atoms with Crippen molar-refractivity contribution >= 4 is 27.6 Å². The summed E-state index contributed by atoms with van der Waals surface area (Å²) in [4.78, 5) is 24.2. The number of benzene rings is 1. The lowest BCUT2D eigenvalue weighted by Crippen LogP contribution is -2.36. The van der Waals surface area contributed by atoms with Crippen LogP contribution in [0.1, 0.15) is 24.2 Å². The molecular formula is C13H18N2O5S. The van der Waals surface area contributed by atoms with Crippen LogP contribution in [0.2, 0.25) is 0 Å². The summed E-state index contributed by atoms with van der Waals surface area (Å²) in [6.07, 6.45) is 0. The van der Waals surface area contributed by atoms with Gasteiger partial charge < -0.3 is 10.0 Å². The van der Waals surface area contributed by atoms with E-state index in [-0.39, 0.29) is 23.5 Å². The van der Waals surface area contributed by atoms with Gasteiger partial charge in [0.05, 0.1) is 17.0 Å². The van der Waals surface area contributed by atoms with Gasteiger partial charge in [0.1, 0.15) is 6.54 Å². The first-order chi connectivity index (χ1) is 9.80. The van der Waals surface area contributed by atoms with E-state index < -0.39 is 28.4 Å². The van der Waals surface area contributed by atoms with Gasteiger partial charge in [-0.05, 0) is 26.0 Å². The Labute approximate surface area is 123 Å². The first kappa shape index (κ1) is 17.0. The average molecular weight is 314 g/mol. The van der Waals surface area contributed by atoms with E-state index in [0.29, 0.717) is 0 Å². The number of hydrogen-bond donors (Lipinski definition) is 2. The number of aliphatic carboxylic acids is 1. The van der Waals surface area contributed by atoms with Crippen molar-refractivity contribution in [2.75, 3.05) is 23.6 Å². The molecule has 2 N–H and O–H groups in total. The lowest BCUT2D eigenvalue weighted by molar-refractivity contribution is -0.137. The minimum atomic E-state index is -3.52. The quantitative estimate of drug-likeness (QED) is 0.781. The van der Waals surface area contributed by atoms with E-state index in [1.54, 1.807) is 19.1 Å². The molecule has 1 rings (SSSR count). The number of anilines is 1. The number of sulfonamides is 1. The number of carboxylic acids is 1.